The number of carbonyl (C=O) groups excluding carboxylic acids is 1. The van der Waals surface area contributed by atoms with Gasteiger partial charge in [-0.05, 0) is 17.7 Å². The number of rotatable bonds is 3. The maximum Gasteiger partial charge on any atom is 0.266 e. The summed E-state index contributed by atoms with van der Waals surface area (Å²) < 4.78 is 0.575. The van der Waals surface area contributed by atoms with Crippen LogP contribution in [0, 0.1) is 0 Å². The highest BCUT2D eigenvalue weighted by Crippen LogP contribution is 2.34. The van der Waals surface area contributed by atoms with E-state index in [0.29, 0.717) is 15.8 Å². The van der Waals surface area contributed by atoms with Crippen LogP contribution in [0.1, 0.15) is 11.1 Å². The molecule has 0 bridgehead atoms. The number of amides is 1. The fraction of sp³-hybridized carbons (Fsp3) is 0.0526. The van der Waals surface area contributed by atoms with Gasteiger partial charge in [-0.3, -0.25) is 19.7 Å². The Labute approximate surface area is 154 Å². The van der Waals surface area contributed by atoms with E-state index < -0.39 is 0 Å². The van der Waals surface area contributed by atoms with Gasteiger partial charge in [-0.1, -0.05) is 66.4 Å². The smallest absolute Gasteiger partial charge is 0.266 e. The van der Waals surface area contributed by atoms with E-state index in [4.69, 9.17) is 12.2 Å². The number of hydrogen-bond donors (Lipinski definition) is 0. The second-order valence-electron chi connectivity index (χ2n) is 5.52. The number of nitrogens with zero attached hydrogens (tertiary/aromatic N) is 3. The molecule has 0 aliphatic carbocycles. The fourth-order valence-corrected chi connectivity index (χ4v) is 3.92. The number of para-hydroxylation sites is 1. The molecule has 6 heteroatoms. The van der Waals surface area contributed by atoms with Crippen molar-refractivity contribution in [2.75, 3.05) is 0 Å². The van der Waals surface area contributed by atoms with E-state index in [-0.39, 0.29) is 5.91 Å². The Morgan fingerprint density at radius 3 is 2.68 bits per heavy atom. The van der Waals surface area contributed by atoms with Crippen LogP contribution in [-0.4, -0.2) is 25.1 Å². The van der Waals surface area contributed by atoms with Gasteiger partial charge < -0.3 is 0 Å². The first-order valence-electron chi connectivity index (χ1n) is 7.71. The lowest BCUT2D eigenvalue weighted by molar-refractivity contribution is -0.122. The average Bonchev–Trinajstić information content (AvgIpc) is 2.90. The van der Waals surface area contributed by atoms with E-state index >= 15 is 0 Å². The summed E-state index contributed by atoms with van der Waals surface area (Å²) in [4.78, 5) is 23.7. The Bertz CT molecular complexity index is 996. The number of thioether (sulfide) groups is 1. The lowest BCUT2D eigenvalue weighted by Gasteiger charge is -2.14. The fourth-order valence-electron chi connectivity index (χ4n) is 2.68. The van der Waals surface area contributed by atoms with Crippen molar-refractivity contribution in [3.05, 3.63) is 77.0 Å². The molecule has 2 heterocycles. The standard InChI is InChI=1S/C19H13N3OS2/c23-18-16(11-14-7-4-8-15-17(14)21-10-9-20-15)25-19(24)22(18)12-13-5-2-1-3-6-13/h1-11H,12H2. The molecule has 0 N–H and O–H groups in total. The molecule has 1 fully saturated rings. The molecule has 0 unspecified atom stereocenters. The van der Waals surface area contributed by atoms with Gasteiger partial charge in [-0.2, -0.15) is 0 Å². The van der Waals surface area contributed by atoms with Gasteiger partial charge in [-0.15, -0.1) is 0 Å². The van der Waals surface area contributed by atoms with Crippen molar-refractivity contribution >= 4 is 51.3 Å². The molecule has 0 spiro atoms. The molecule has 0 saturated carbocycles. The quantitative estimate of drug-likeness (QED) is 0.519. The van der Waals surface area contributed by atoms with Gasteiger partial charge in [0.15, 0.2) is 0 Å². The minimum atomic E-state index is -0.0697. The van der Waals surface area contributed by atoms with Crippen LogP contribution in [0.5, 0.6) is 0 Å². The van der Waals surface area contributed by atoms with Crippen LogP contribution < -0.4 is 0 Å². The molecular weight excluding hydrogens is 350 g/mol. The van der Waals surface area contributed by atoms with Crippen molar-refractivity contribution in [2.24, 2.45) is 0 Å². The van der Waals surface area contributed by atoms with Crippen molar-refractivity contribution in [3.63, 3.8) is 0 Å². The van der Waals surface area contributed by atoms with Gasteiger partial charge in [0.25, 0.3) is 5.91 Å². The molecule has 1 aliphatic rings. The minimum absolute atomic E-state index is 0.0697. The molecule has 25 heavy (non-hydrogen) atoms. The number of carbonyl (C=O) groups is 1. The summed E-state index contributed by atoms with van der Waals surface area (Å²) in [6.45, 7) is 0.484. The Balaban J connectivity index is 1.66. The molecule has 1 aromatic heterocycles. The number of thiocarbonyl (C=S) groups is 1. The van der Waals surface area contributed by atoms with Crippen LogP contribution in [0.3, 0.4) is 0 Å². The summed E-state index contributed by atoms with van der Waals surface area (Å²) in [7, 11) is 0. The molecule has 1 saturated heterocycles. The minimum Gasteiger partial charge on any atom is -0.288 e. The second-order valence-corrected chi connectivity index (χ2v) is 7.20. The van der Waals surface area contributed by atoms with Crippen LogP contribution in [0.15, 0.2) is 65.8 Å². The van der Waals surface area contributed by atoms with E-state index in [1.54, 1.807) is 17.3 Å². The first kappa shape index (κ1) is 15.9. The lowest BCUT2D eigenvalue weighted by atomic mass is 10.1. The molecular formula is C19H13N3OS2. The van der Waals surface area contributed by atoms with Crippen LogP contribution >= 0.6 is 24.0 Å². The van der Waals surface area contributed by atoms with Crippen LogP contribution in [0.2, 0.25) is 0 Å². The third-order valence-electron chi connectivity index (χ3n) is 3.87. The number of aromatic nitrogens is 2. The van der Waals surface area contributed by atoms with Crippen LogP contribution in [0.4, 0.5) is 0 Å². The highest BCUT2D eigenvalue weighted by molar-refractivity contribution is 8.26. The summed E-state index contributed by atoms with van der Waals surface area (Å²) in [5, 5.41) is 0. The van der Waals surface area contributed by atoms with Crippen LogP contribution in [-0.2, 0) is 11.3 Å². The number of benzene rings is 2. The van der Waals surface area contributed by atoms with E-state index in [9.17, 15) is 4.79 Å². The van der Waals surface area contributed by atoms with Gasteiger partial charge in [0.1, 0.15) is 4.32 Å². The third-order valence-corrected chi connectivity index (χ3v) is 5.25. The monoisotopic (exact) mass is 363 g/mol. The maximum absolute atomic E-state index is 12.8. The molecule has 4 nitrogen and oxygen atoms in total. The van der Waals surface area contributed by atoms with E-state index in [1.807, 2.05) is 54.6 Å². The normalized spacial score (nSPS) is 16.2. The highest BCUT2D eigenvalue weighted by atomic mass is 32.2. The zero-order chi connectivity index (χ0) is 17.2. The summed E-state index contributed by atoms with van der Waals surface area (Å²) in [6.07, 6.45) is 5.16. The van der Waals surface area contributed by atoms with Crippen molar-refractivity contribution in [2.45, 2.75) is 6.54 Å². The summed E-state index contributed by atoms with van der Waals surface area (Å²) >= 11 is 6.73. The SMILES string of the molecule is O=C1C(=Cc2cccc3nccnc23)SC(=S)N1Cc1ccccc1. The molecule has 3 aromatic rings. The third kappa shape index (κ3) is 3.18. The Hall–Kier alpha value is -2.57. The van der Waals surface area contributed by atoms with Crippen molar-refractivity contribution < 1.29 is 4.79 Å². The van der Waals surface area contributed by atoms with Gasteiger partial charge in [0.05, 0.1) is 22.5 Å². The Morgan fingerprint density at radius 2 is 1.84 bits per heavy atom. The molecule has 122 valence electrons. The number of fused-ring (bicyclic) bond motifs is 1. The second kappa shape index (κ2) is 6.74. The first-order chi connectivity index (χ1) is 12.2. The van der Waals surface area contributed by atoms with Gasteiger partial charge >= 0.3 is 0 Å². The first-order valence-corrected chi connectivity index (χ1v) is 8.94. The summed E-state index contributed by atoms with van der Waals surface area (Å²) in [5.74, 6) is -0.0697. The number of hydrogen-bond acceptors (Lipinski definition) is 5. The van der Waals surface area contributed by atoms with E-state index in [0.717, 1.165) is 22.2 Å². The topological polar surface area (TPSA) is 46.1 Å². The molecule has 1 aliphatic heterocycles. The van der Waals surface area contributed by atoms with Gasteiger partial charge in [-0.25, -0.2) is 0 Å². The maximum atomic E-state index is 12.8. The predicted octanol–water partition coefficient (Wildman–Crippen LogP) is 4.03. The van der Waals surface area contributed by atoms with Crippen molar-refractivity contribution in [1.82, 2.24) is 14.9 Å². The molecule has 2 aromatic carbocycles. The molecule has 1 amide bonds. The van der Waals surface area contributed by atoms with Crippen molar-refractivity contribution in [1.29, 1.82) is 0 Å². The summed E-state index contributed by atoms with van der Waals surface area (Å²) in [6, 6.07) is 15.6. The summed E-state index contributed by atoms with van der Waals surface area (Å²) in [5.41, 5.74) is 3.50. The van der Waals surface area contributed by atoms with E-state index in [1.165, 1.54) is 11.8 Å². The predicted molar refractivity (Wildman–Crippen MR) is 105 cm³/mol. The zero-order valence-electron chi connectivity index (χ0n) is 13.1. The molecule has 0 atom stereocenters. The van der Waals surface area contributed by atoms with Gasteiger partial charge in [0, 0.05) is 18.0 Å². The Kier molecular flexibility index (Phi) is 4.29. The molecule has 0 radical (unpaired) electrons. The lowest BCUT2D eigenvalue weighted by Crippen LogP contribution is -2.27. The molecule has 4 rings (SSSR count). The van der Waals surface area contributed by atoms with E-state index in [2.05, 4.69) is 9.97 Å². The zero-order valence-corrected chi connectivity index (χ0v) is 14.8. The Morgan fingerprint density at radius 1 is 1.04 bits per heavy atom. The largest absolute Gasteiger partial charge is 0.288 e. The van der Waals surface area contributed by atoms with Crippen molar-refractivity contribution in [3.8, 4) is 0 Å². The van der Waals surface area contributed by atoms with Crippen LogP contribution in [0.25, 0.3) is 17.1 Å². The average molecular weight is 363 g/mol. The van der Waals surface area contributed by atoms with Gasteiger partial charge in [0.2, 0.25) is 0 Å². The highest BCUT2D eigenvalue weighted by Gasteiger charge is 2.32.